The van der Waals surface area contributed by atoms with Crippen molar-refractivity contribution in [2.45, 2.75) is 0 Å². The van der Waals surface area contributed by atoms with Crippen molar-refractivity contribution in [3.63, 3.8) is 0 Å². The standard InChI is InChI=1S/C14H9BrN2O2/c15-9-1-2-10-11(7-17-13(10)6-9)12-5-8(14(18)19)3-4-16-12/h1-7,17H,(H,18,19). The number of fused-ring (bicyclic) bond motifs is 1. The Hall–Kier alpha value is -2.14. The molecule has 0 saturated carbocycles. The van der Waals surface area contributed by atoms with Crippen LogP contribution in [0.25, 0.3) is 22.2 Å². The molecule has 3 rings (SSSR count). The van der Waals surface area contributed by atoms with E-state index in [0.29, 0.717) is 5.69 Å². The average Bonchev–Trinajstić information content (AvgIpc) is 2.81. The Balaban J connectivity index is 2.19. The highest BCUT2D eigenvalue weighted by molar-refractivity contribution is 9.10. The smallest absolute Gasteiger partial charge is 0.335 e. The molecule has 0 fully saturated rings. The fraction of sp³-hybridized carbons (Fsp3) is 0. The number of aromatic nitrogens is 2. The molecule has 94 valence electrons. The van der Waals surface area contributed by atoms with Gasteiger partial charge in [0.15, 0.2) is 0 Å². The predicted octanol–water partition coefficient (Wildman–Crippen LogP) is 3.69. The zero-order chi connectivity index (χ0) is 13.4. The molecule has 0 aliphatic carbocycles. The zero-order valence-electron chi connectivity index (χ0n) is 9.72. The van der Waals surface area contributed by atoms with E-state index >= 15 is 0 Å². The molecule has 5 heteroatoms. The number of carboxylic acids is 1. The molecule has 4 nitrogen and oxygen atoms in total. The van der Waals surface area contributed by atoms with Gasteiger partial charge in [0.1, 0.15) is 0 Å². The van der Waals surface area contributed by atoms with Gasteiger partial charge in [-0.25, -0.2) is 4.79 Å². The number of nitrogens with zero attached hydrogens (tertiary/aromatic N) is 1. The van der Waals surface area contributed by atoms with Crippen LogP contribution < -0.4 is 0 Å². The van der Waals surface area contributed by atoms with Crippen LogP contribution in [0.4, 0.5) is 0 Å². The number of carbonyl (C=O) groups is 1. The molecule has 3 aromatic rings. The number of benzene rings is 1. The summed E-state index contributed by atoms with van der Waals surface area (Å²) in [6, 6.07) is 8.95. The van der Waals surface area contributed by atoms with Crippen molar-refractivity contribution in [2.75, 3.05) is 0 Å². The van der Waals surface area contributed by atoms with E-state index < -0.39 is 5.97 Å². The minimum Gasteiger partial charge on any atom is -0.478 e. The van der Waals surface area contributed by atoms with Crippen LogP contribution in [0.5, 0.6) is 0 Å². The molecule has 0 atom stereocenters. The molecule has 0 aliphatic rings. The van der Waals surface area contributed by atoms with E-state index in [4.69, 9.17) is 5.11 Å². The van der Waals surface area contributed by atoms with Gasteiger partial charge in [-0.05, 0) is 24.3 Å². The van der Waals surface area contributed by atoms with E-state index in [9.17, 15) is 4.79 Å². The van der Waals surface area contributed by atoms with E-state index in [1.54, 1.807) is 6.07 Å². The minimum absolute atomic E-state index is 0.233. The number of H-pyrrole nitrogens is 1. The third-order valence-electron chi connectivity index (χ3n) is 2.93. The Labute approximate surface area is 117 Å². The molecule has 2 heterocycles. The van der Waals surface area contributed by atoms with Crippen LogP contribution in [0, 0.1) is 0 Å². The lowest BCUT2D eigenvalue weighted by atomic mass is 10.1. The van der Waals surface area contributed by atoms with Crippen molar-refractivity contribution in [3.8, 4) is 11.3 Å². The summed E-state index contributed by atoms with van der Waals surface area (Å²) in [5.41, 5.74) is 2.75. The van der Waals surface area contributed by atoms with Crippen LogP contribution in [-0.2, 0) is 0 Å². The number of hydrogen-bond donors (Lipinski definition) is 2. The summed E-state index contributed by atoms with van der Waals surface area (Å²) >= 11 is 3.42. The van der Waals surface area contributed by atoms with Crippen LogP contribution in [0.2, 0.25) is 0 Å². The number of nitrogens with one attached hydrogen (secondary N) is 1. The van der Waals surface area contributed by atoms with Crippen LogP contribution in [0.3, 0.4) is 0 Å². The molecule has 2 N–H and O–H groups in total. The summed E-state index contributed by atoms with van der Waals surface area (Å²) in [4.78, 5) is 18.4. The quantitative estimate of drug-likeness (QED) is 0.757. The highest BCUT2D eigenvalue weighted by Gasteiger charge is 2.10. The van der Waals surface area contributed by atoms with E-state index in [2.05, 4.69) is 25.9 Å². The van der Waals surface area contributed by atoms with Crippen molar-refractivity contribution < 1.29 is 9.90 Å². The van der Waals surface area contributed by atoms with E-state index in [1.165, 1.54) is 12.3 Å². The van der Waals surface area contributed by atoms with Crippen LogP contribution in [0.15, 0.2) is 47.2 Å². The van der Waals surface area contributed by atoms with Gasteiger partial charge >= 0.3 is 5.97 Å². The second-order valence-corrected chi connectivity index (χ2v) is 5.04. The van der Waals surface area contributed by atoms with Crippen molar-refractivity contribution in [1.29, 1.82) is 0 Å². The topological polar surface area (TPSA) is 66.0 Å². The first-order chi connectivity index (χ1) is 9.15. The Morgan fingerprint density at radius 1 is 1.26 bits per heavy atom. The van der Waals surface area contributed by atoms with Gasteiger partial charge in [0.2, 0.25) is 0 Å². The molecule has 2 aromatic heterocycles. The number of aromatic carboxylic acids is 1. The first-order valence-corrected chi connectivity index (χ1v) is 6.41. The maximum absolute atomic E-state index is 11.0. The number of aromatic amines is 1. The van der Waals surface area contributed by atoms with Gasteiger partial charge in [0.05, 0.1) is 11.3 Å². The molecule has 0 spiro atoms. The molecule has 0 saturated heterocycles. The monoisotopic (exact) mass is 316 g/mol. The van der Waals surface area contributed by atoms with Crippen molar-refractivity contribution in [3.05, 3.63) is 52.8 Å². The first-order valence-electron chi connectivity index (χ1n) is 5.61. The van der Waals surface area contributed by atoms with Gasteiger partial charge < -0.3 is 10.1 Å². The summed E-state index contributed by atoms with van der Waals surface area (Å²) in [7, 11) is 0. The van der Waals surface area contributed by atoms with Crippen molar-refractivity contribution in [2.24, 2.45) is 0 Å². The summed E-state index contributed by atoms with van der Waals surface area (Å²) in [5.74, 6) is -0.953. The molecule has 19 heavy (non-hydrogen) atoms. The normalized spacial score (nSPS) is 10.8. The molecule has 0 aliphatic heterocycles. The molecule has 0 unspecified atom stereocenters. The molecule has 1 aromatic carbocycles. The molecule has 0 amide bonds. The van der Waals surface area contributed by atoms with E-state index in [-0.39, 0.29) is 5.56 Å². The third kappa shape index (κ3) is 2.13. The molecule has 0 radical (unpaired) electrons. The Morgan fingerprint density at radius 3 is 2.89 bits per heavy atom. The number of rotatable bonds is 2. The zero-order valence-corrected chi connectivity index (χ0v) is 11.3. The largest absolute Gasteiger partial charge is 0.478 e. The van der Waals surface area contributed by atoms with Crippen LogP contribution in [0.1, 0.15) is 10.4 Å². The SMILES string of the molecule is O=C(O)c1ccnc(-c2c[nH]c3cc(Br)ccc23)c1. The minimum atomic E-state index is -0.953. The van der Waals surface area contributed by atoms with Gasteiger partial charge in [-0.15, -0.1) is 0 Å². The third-order valence-corrected chi connectivity index (χ3v) is 3.42. The Morgan fingerprint density at radius 2 is 2.11 bits per heavy atom. The summed E-state index contributed by atoms with van der Waals surface area (Å²) in [6.07, 6.45) is 3.35. The van der Waals surface area contributed by atoms with Gasteiger partial charge in [0, 0.05) is 33.3 Å². The highest BCUT2D eigenvalue weighted by atomic mass is 79.9. The number of halogens is 1. The first kappa shape index (κ1) is 11.9. The molecular formula is C14H9BrN2O2. The van der Waals surface area contributed by atoms with Crippen molar-refractivity contribution in [1.82, 2.24) is 9.97 Å². The maximum Gasteiger partial charge on any atom is 0.335 e. The summed E-state index contributed by atoms with van der Waals surface area (Å²) in [5, 5.41) is 10.0. The number of carboxylic acid groups (broad SMARTS) is 1. The van der Waals surface area contributed by atoms with Gasteiger partial charge in [-0.3, -0.25) is 4.98 Å². The van der Waals surface area contributed by atoms with E-state index in [0.717, 1.165) is 20.9 Å². The van der Waals surface area contributed by atoms with Gasteiger partial charge in [-0.1, -0.05) is 22.0 Å². The van der Waals surface area contributed by atoms with E-state index in [1.807, 2.05) is 24.4 Å². The molecule has 0 bridgehead atoms. The van der Waals surface area contributed by atoms with Crippen molar-refractivity contribution >= 4 is 32.8 Å². The van der Waals surface area contributed by atoms with Crippen LogP contribution >= 0.6 is 15.9 Å². The second kappa shape index (κ2) is 4.51. The van der Waals surface area contributed by atoms with Gasteiger partial charge in [0.25, 0.3) is 0 Å². The lowest BCUT2D eigenvalue weighted by Gasteiger charge is -2.00. The second-order valence-electron chi connectivity index (χ2n) is 4.13. The van der Waals surface area contributed by atoms with Gasteiger partial charge in [-0.2, -0.15) is 0 Å². The summed E-state index contributed by atoms with van der Waals surface area (Å²) < 4.78 is 0.987. The molecular weight excluding hydrogens is 308 g/mol. The fourth-order valence-electron chi connectivity index (χ4n) is 2.02. The number of hydrogen-bond acceptors (Lipinski definition) is 2. The Kier molecular flexibility index (Phi) is 2.83. The maximum atomic E-state index is 11.0. The Bertz CT molecular complexity index is 780. The fourth-order valence-corrected chi connectivity index (χ4v) is 2.38. The number of pyridine rings is 1. The lowest BCUT2D eigenvalue weighted by Crippen LogP contribution is -1.96. The average molecular weight is 317 g/mol. The van der Waals surface area contributed by atoms with Crippen LogP contribution in [-0.4, -0.2) is 21.0 Å². The highest BCUT2D eigenvalue weighted by Crippen LogP contribution is 2.29. The predicted molar refractivity (Wildman–Crippen MR) is 76.2 cm³/mol. The summed E-state index contributed by atoms with van der Waals surface area (Å²) in [6.45, 7) is 0. The lowest BCUT2D eigenvalue weighted by molar-refractivity contribution is 0.0697.